The largest absolute Gasteiger partial charge is 0.490 e. The number of nitrogens with one attached hydrogen (secondary N) is 3. The second-order valence-corrected chi connectivity index (χ2v) is 10.3. The van der Waals surface area contributed by atoms with Crippen molar-refractivity contribution in [1.29, 1.82) is 0 Å². The van der Waals surface area contributed by atoms with Gasteiger partial charge < -0.3 is 39.4 Å². The molecule has 2 atom stereocenters. The second kappa shape index (κ2) is 16.2. The SMILES string of the molecule is CCOc1cc(/C=N\N[C@H](O)COc2ccc([C@H]3NC(=O)NC(C)=C3C(=O)OC)cc2OCC)ccc1OCc1ccc(C)cc1. The molecule has 0 aromatic heterocycles. The lowest BCUT2D eigenvalue weighted by Crippen LogP contribution is -2.45. The van der Waals surface area contributed by atoms with Gasteiger partial charge in [0.25, 0.3) is 0 Å². The third-order valence-electron chi connectivity index (χ3n) is 6.89. The minimum Gasteiger partial charge on any atom is -0.490 e. The van der Waals surface area contributed by atoms with Crippen LogP contribution >= 0.6 is 0 Å². The van der Waals surface area contributed by atoms with E-state index >= 15 is 0 Å². The lowest BCUT2D eigenvalue weighted by molar-refractivity contribution is -0.136. The van der Waals surface area contributed by atoms with Crippen LogP contribution in [0.25, 0.3) is 0 Å². The maximum Gasteiger partial charge on any atom is 0.337 e. The summed E-state index contributed by atoms with van der Waals surface area (Å²) in [5, 5.41) is 20.0. The van der Waals surface area contributed by atoms with Crippen LogP contribution in [0.5, 0.6) is 23.0 Å². The molecule has 0 fully saturated rings. The Balaban J connectivity index is 1.37. The van der Waals surface area contributed by atoms with Gasteiger partial charge in [0, 0.05) is 5.70 Å². The van der Waals surface area contributed by atoms with Crippen LogP contribution in [-0.4, -0.2) is 56.5 Å². The number of methoxy groups -OCH3 is 1. The van der Waals surface area contributed by atoms with Crippen molar-refractivity contribution < 1.29 is 38.4 Å². The van der Waals surface area contributed by atoms with Crippen molar-refractivity contribution in [3.05, 3.63) is 94.2 Å². The normalized spacial score (nSPS) is 15.1. The van der Waals surface area contributed by atoms with Crippen molar-refractivity contribution in [3.63, 3.8) is 0 Å². The average molecular weight is 633 g/mol. The van der Waals surface area contributed by atoms with Gasteiger partial charge in [-0.05, 0) is 74.7 Å². The number of nitrogens with zero attached hydrogens (tertiary/aromatic N) is 1. The summed E-state index contributed by atoms with van der Waals surface area (Å²) in [7, 11) is 1.28. The number of hydrogen-bond acceptors (Lipinski definition) is 10. The molecule has 46 heavy (non-hydrogen) atoms. The molecule has 4 rings (SSSR count). The van der Waals surface area contributed by atoms with Crippen LogP contribution in [0.2, 0.25) is 0 Å². The van der Waals surface area contributed by atoms with E-state index in [-0.39, 0.29) is 12.2 Å². The van der Waals surface area contributed by atoms with Crippen LogP contribution in [-0.2, 0) is 16.1 Å². The van der Waals surface area contributed by atoms with Crippen molar-refractivity contribution in [3.8, 4) is 23.0 Å². The predicted molar refractivity (Wildman–Crippen MR) is 172 cm³/mol. The van der Waals surface area contributed by atoms with Gasteiger partial charge in [0.05, 0.1) is 38.2 Å². The summed E-state index contributed by atoms with van der Waals surface area (Å²) < 4.78 is 28.3. The maximum absolute atomic E-state index is 12.5. The van der Waals surface area contributed by atoms with E-state index in [2.05, 4.69) is 21.2 Å². The second-order valence-electron chi connectivity index (χ2n) is 10.3. The van der Waals surface area contributed by atoms with E-state index in [1.54, 1.807) is 31.3 Å². The summed E-state index contributed by atoms with van der Waals surface area (Å²) in [6.45, 7) is 8.45. The van der Waals surface area contributed by atoms with Gasteiger partial charge in [-0.3, -0.25) is 5.43 Å². The lowest BCUT2D eigenvalue weighted by atomic mass is 9.95. The van der Waals surface area contributed by atoms with E-state index in [9.17, 15) is 14.7 Å². The first-order valence-electron chi connectivity index (χ1n) is 14.9. The van der Waals surface area contributed by atoms with Gasteiger partial charge in [0.1, 0.15) is 13.2 Å². The molecule has 0 saturated heterocycles. The molecule has 0 spiro atoms. The van der Waals surface area contributed by atoms with Gasteiger partial charge in [-0.2, -0.15) is 5.10 Å². The molecule has 3 aromatic carbocycles. The van der Waals surface area contributed by atoms with Gasteiger partial charge in [-0.15, -0.1) is 0 Å². The Labute approximate surface area is 268 Å². The lowest BCUT2D eigenvalue weighted by Gasteiger charge is -2.28. The van der Waals surface area contributed by atoms with E-state index in [4.69, 9.17) is 23.7 Å². The zero-order chi connectivity index (χ0) is 33.1. The molecule has 0 bridgehead atoms. The third kappa shape index (κ3) is 8.91. The smallest absolute Gasteiger partial charge is 0.337 e. The molecule has 3 aromatic rings. The first kappa shape index (κ1) is 33.7. The topological polar surface area (TPSA) is 149 Å². The van der Waals surface area contributed by atoms with Crippen LogP contribution in [0, 0.1) is 6.92 Å². The molecule has 0 aliphatic carbocycles. The fourth-order valence-electron chi connectivity index (χ4n) is 4.66. The number of urea groups is 1. The Bertz CT molecular complexity index is 1570. The Morgan fingerprint density at radius 2 is 1.61 bits per heavy atom. The maximum atomic E-state index is 12.5. The highest BCUT2D eigenvalue weighted by atomic mass is 16.5. The average Bonchev–Trinajstić information content (AvgIpc) is 3.04. The van der Waals surface area contributed by atoms with Crippen molar-refractivity contribution in [1.82, 2.24) is 16.1 Å². The number of hydrogen-bond donors (Lipinski definition) is 4. The van der Waals surface area contributed by atoms with E-state index < -0.39 is 24.3 Å². The molecule has 2 amide bonds. The van der Waals surface area contributed by atoms with Crippen molar-refractivity contribution in [2.24, 2.45) is 5.10 Å². The summed E-state index contributed by atoms with van der Waals surface area (Å²) >= 11 is 0. The van der Waals surface area contributed by atoms with Crippen molar-refractivity contribution in [2.75, 3.05) is 26.9 Å². The third-order valence-corrected chi connectivity index (χ3v) is 6.89. The number of esters is 1. The van der Waals surface area contributed by atoms with Gasteiger partial charge in [-0.1, -0.05) is 35.9 Å². The molecule has 0 radical (unpaired) electrons. The Morgan fingerprint density at radius 3 is 2.30 bits per heavy atom. The number of aryl methyl sites for hydroxylation is 1. The standard InChI is InChI=1S/C34H40N4O8/c1-6-43-28-16-24(12-14-26(28)45-19-23-10-8-21(3)9-11-23)18-35-38-30(39)20-46-27-15-13-25(17-29(27)44-7-2)32-31(33(40)42-5)22(4)36-34(41)37-32/h8-18,30,32,38-39H,6-7,19-20H2,1-5H3,(H2,36,37,41)/b35-18-/t30-,32-/m1/s1. The molecular formula is C34H40N4O8. The van der Waals surface area contributed by atoms with E-state index in [1.807, 2.05) is 63.2 Å². The summed E-state index contributed by atoms with van der Waals surface area (Å²) in [6, 6.07) is 17.4. The predicted octanol–water partition coefficient (Wildman–Crippen LogP) is 4.49. The van der Waals surface area contributed by atoms with Crippen LogP contribution in [0.4, 0.5) is 4.79 Å². The fraction of sp³-hybridized carbons (Fsp3) is 0.324. The monoisotopic (exact) mass is 632 g/mol. The summed E-state index contributed by atoms with van der Waals surface area (Å²) in [4.78, 5) is 24.6. The first-order valence-corrected chi connectivity index (χ1v) is 14.9. The molecule has 1 aliphatic rings. The zero-order valence-electron chi connectivity index (χ0n) is 26.6. The van der Waals surface area contributed by atoms with Crippen LogP contribution in [0.1, 0.15) is 49.1 Å². The molecule has 0 saturated carbocycles. The molecule has 1 heterocycles. The zero-order valence-corrected chi connectivity index (χ0v) is 26.6. The number of hydrazone groups is 1. The molecule has 4 N–H and O–H groups in total. The number of benzene rings is 3. The van der Waals surface area contributed by atoms with Crippen LogP contribution in [0.15, 0.2) is 77.0 Å². The number of ether oxygens (including phenoxy) is 5. The van der Waals surface area contributed by atoms with Gasteiger partial charge in [0.15, 0.2) is 29.2 Å². The fourth-order valence-corrected chi connectivity index (χ4v) is 4.66. The number of rotatable bonds is 15. The number of amides is 2. The van der Waals surface area contributed by atoms with Gasteiger partial charge in [0.2, 0.25) is 0 Å². The number of aliphatic hydroxyl groups is 1. The number of aliphatic hydroxyl groups excluding tert-OH is 1. The minimum atomic E-state index is -1.14. The molecule has 1 aliphatic heterocycles. The summed E-state index contributed by atoms with van der Waals surface area (Å²) in [5.41, 5.74) is 6.88. The van der Waals surface area contributed by atoms with Crippen molar-refractivity contribution >= 4 is 18.2 Å². The highest BCUT2D eigenvalue weighted by Gasteiger charge is 2.32. The quantitative estimate of drug-likeness (QED) is 0.0823. The molecular weight excluding hydrogens is 592 g/mol. The van der Waals surface area contributed by atoms with Gasteiger partial charge in [-0.25, -0.2) is 9.59 Å². The Morgan fingerprint density at radius 1 is 0.935 bits per heavy atom. The van der Waals surface area contributed by atoms with Gasteiger partial charge >= 0.3 is 12.0 Å². The Kier molecular flexibility index (Phi) is 11.8. The number of allylic oxidation sites excluding steroid dienone is 1. The minimum absolute atomic E-state index is 0.150. The highest BCUT2D eigenvalue weighted by Crippen LogP contribution is 2.35. The summed E-state index contributed by atoms with van der Waals surface area (Å²) in [5.74, 6) is 1.37. The number of carbonyl (C=O) groups is 2. The first-order chi connectivity index (χ1) is 22.2. The van der Waals surface area contributed by atoms with Crippen LogP contribution in [0.3, 0.4) is 0 Å². The highest BCUT2D eigenvalue weighted by molar-refractivity contribution is 5.95. The van der Waals surface area contributed by atoms with E-state index in [0.717, 1.165) is 11.1 Å². The molecule has 0 unspecified atom stereocenters. The molecule has 12 heteroatoms. The van der Waals surface area contributed by atoms with E-state index in [0.29, 0.717) is 54.1 Å². The van der Waals surface area contributed by atoms with Crippen LogP contribution < -0.4 is 35.0 Å². The number of carbonyl (C=O) groups excluding carboxylic acids is 2. The molecule has 12 nitrogen and oxygen atoms in total. The van der Waals surface area contributed by atoms with Crippen molar-refractivity contribution in [2.45, 2.75) is 46.6 Å². The summed E-state index contributed by atoms with van der Waals surface area (Å²) in [6.07, 6.45) is 0.409. The van der Waals surface area contributed by atoms with E-state index in [1.165, 1.54) is 12.7 Å². The molecule has 244 valence electrons. The Hall–Kier alpha value is -5.23.